The molecule has 4 atom stereocenters. The van der Waals surface area contributed by atoms with Gasteiger partial charge in [0.25, 0.3) is 0 Å². The number of fused-ring (bicyclic) bond motifs is 3. The van der Waals surface area contributed by atoms with Crippen molar-refractivity contribution in [3.63, 3.8) is 0 Å². The molecule has 4 heteroatoms. The summed E-state index contributed by atoms with van der Waals surface area (Å²) in [6, 6.07) is 8.44. The molecule has 1 aromatic rings. The average Bonchev–Trinajstić information content (AvgIpc) is 3.21. The van der Waals surface area contributed by atoms with Crippen LogP contribution in [-0.4, -0.2) is 32.2 Å². The predicted octanol–water partition coefficient (Wildman–Crippen LogP) is 1.05. The molecule has 0 radical (unpaired) electrons. The van der Waals surface area contributed by atoms with E-state index in [9.17, 15) is 4.79 Å². The highest BCUT2D eigenvalue weighted by molar-refractivity contribution is 5.84. The fourth-order valence-corrected chi connectivity index (χ4v) is 3.59. The Morgan fingerprint density at radius 1 is 1.50 bits per heavy atom. The summed E-state index contributed by atoms with van der Waals surface area (Å²) in [5.41, 5.74) is 8.44. The van der Waals surface area contributed by atoms with Gasteiger partial charge in [-0.25, -0.2) is 0 Å². The molecule has 1 fully saturated rings. The number of carbonyl (C=O) groups excluding carboxylic acids is 1. The van der Waals surface area contributed by atoms with Crippen LogP contribution in [0.1, 0.15) is 23.5 Å². The Labute approximate surface area is 119 Å². The van der Waals surface area contributed by atoms with E-state index in [1.807, 2.05) is 0 Å². The van der Waals surface area contributed by atoms with Crippen molar-refractivity contribution in [2.45, 2.75) is 24.8 Å². The molecule has 0 aliphatic heterocycles. The largest absolute Gasteiger partial charge is 0.383 e. The van der Waals surface area contributed by atoms with Gasteiger partial charge in [-0.1, -0.05) is 24.3 Å². The van der Waals surface area contributed by atoms with Gasteiger partial charge in [0.15, 0.2) is 0 Å². The molecular weight excluding hydrogens is 252 g/mol. The van der Waals surface area contributed by atoms with E-state index in [0.29, 0.717) is 25.0 Å². The number of nitrogens with two attached hydrogens (primary N) is 1. The van der Waals surface area contributed by atoms with Crippen LogP contribution in [0, 0.1) is 11.8 Å². The highest BCUT2D eigenvalue weighted by atomic mass is 16.5. The van der Waals surface area contributed by atoms with E-state index in [1.54, 1.807) is 7.11 Å². The monoisotopic (exact) mass is 274 g/mol. The van der Waals surface area contributed by atoms with Crippen LogP contribution in [-0.2, 0) is 16.0 Å². The molecule has 1 amide bonds. The Hall–Kier alpha value is -1.39. The second-order valence-electron chi connectivity index (χ2n) is 5.85. The normalized spacial score (nSPS) is 28.2. The second-order valence-corrected chi connectivity index (χ2v) is 5.85. The molecule has 1 saturated carbocycles. The zero-order valence-corrected chi connectivity index (χ0v) is 11.8. The number of hydrogen-bond acceptors (Lipinski definition) is 3. The molecule has 0 bridgehead atoms. The SMILES string of the molecule is COCC(CN)NC(=O)C1C2CCc3ccccc3C21. The number of benzene rings is 1. The third-order valence-electron chi connectivity index (χ3n) is 4.63. The first-order chi connectivity index (χ1) is 9.76. The van der Waals surface area contributed by atoms with Crippen LogP contribution in [0.4, 0.5) is 0 Å². The molecule has 0 heterocycles. The second kappa shape index (κ2) is 5.54. The van der Waals surface area contributed by atoms with Crippen LogP contribution in [0.2, 0.25) is 0 Å². The van der Waals surface area contributed by atoms with Gasteiger partial charge in [0.2, 0.25) is 5.91 Å². The minimum absolute atomic E-state index is 0.0783. The number of amides is 1. The van der Waals surface area contributed by atoms with Gasteiger partial charge in [-0.15, -0.1) is 0 Å². The van der Waals surface area contributed by atoms with Gasteiger partial charge in [0.05, 0.1) is 12.6 Å². The molecule has 108 valence electrons. The minimum atomic E-state index is -0.0783. The first-order valence-electron chi connectivity index (χ1n) is 7.33. The maximum absolute atomic E-state index is 12.4. The third kappa shape index (κ3) is 2.34. The smallest absolute Gasteiger partial charge is 0.224 e. The van der Waals surface area contributed by atoms with Crippen molar-refractivity contribution in [2.75, 3.05) is 20.3 Å². The molecule has 2 aliphatic carbocycles. The number of rotatable bonds is 5. The maximum Gasteiger partial charge on any atom is 0.224 e. The number of nitrogens with one attached hydrogen (secondary N) is 1. The van der Waals surface area contributed by atoms with E-state index in [4.69, 9.17) is 10.5 Å². The molecule has 0 aromatic heterocycles. The van der Waals surface area contributed by atoms with Crippen LogP contribution in [0.15, 0.2) is 24.3 Å². The molecule has 2 aliphatic rings. The molecule has 3 rings (SSSR count). The lowest BCUT2D eigenvalue weighted by Crippen LogP contribution is -2.44. The minimum Gasteiger partial charge on any atom is -0.383 e. The fraction of sp³-hybridized carbons (Fsp3) is 0.562. The third-order valence-corrected chi connectivity index (χ3v) is 4.63. The van der Waals surface area contributed by atoms with Crippen LogP contribution >= 0.6 is 0 Å². The summed E-state index contributed by atoms with van der Waals surface area (Å²) in [5, 5.41) is 3.03. The quantitative estimate of drug-likeness (QED) is 0.843. The van der Waals surface area contributed by atoms with Crippen molar-refractivity contribution >= 4 is 5.91 Å². The lowest BCUT2D eigenvalue weighted by atomic mass is 9.92. The van der Waals surface area contributed by atoms with Gasteiger partial charge in [-0.05, 0) is 35.8 Å². The predicted molar refractivity (Wildman–Crippen MR) is 77.3 cm³/mol. The van der Waals surface area contributed by atoms with E-state index >= 15 is 0 Å². The maximum atomic E-state index is 12.4. The van der Waals surface area contributed by atoms with Crippen molar-refractivity contribution in [3.8, 4) is 0 Å². The van der Waals surface area contributed by atoms with E-state index in [1.165, 1.54) is 11.1 Å². The molecule has 0 spiro atoms. The van der Waals surface area contributed by atoms with Gasteiger partial charge in [-0.2, -0.15) is 0 Å². The lowest BCUT2D eigenvalue weighted by molar-refractivity contribution is -0.123. The van der Waals surface area contributed by atoms with Gasteiger partial charge in [0.1, 0.15) is 0 Å². The molecule has 4 unspecified atom stereocenters. The molecule has 1 aromatic carbocycles. The van der Waals surface area contributed by atoms with E-state index < -0.39 is 0 Å². The highest BCUT2D eigenvalue weighted by Crippen LogP contribution is 2.59. The Bertz CT molecular complexity index is 503. The Kier molecular flexibility index (Phi) is 3.76. The van der Waals surface area contributed by atoms with Crippen molar-refractivity contribution in [3.05, 3.63) is 35.4 Å². The summed E-state index contributed by atoms with van der Waals surface area (Å²) >= 11 is 0. The van der Waals surface area contributed by atoms with Crippen molar-refractivity contribution < 1.29 is 9.53 Å². The molecule has 20 heavy (non-hydrogen) atoms. The number of hydrogen-bond donors (Lipinski definition) is 2. The molecule has 0 saturated heterocycles. The number of aryl methyl sites for hydroxylation is 1. The highest BCUT2D eigenvalue weighted by Gasteiger charge is 2.57. The lowest BCUT2D eigenvalue weighted by Gasteiger charge is -2.15. The summed E-state index contributed by atoms with van der Waals surface area (Å²) < 4.78 is 5.08. The Morgan fingerprint density at radius 3 is 3.05 bits per heavy atom. The first kappa shape index (κ1) is 13.6. The van der Waals surface area contributed by atoms with E-state index in [2.05, 4.69) is 29.6 Å². The summed E-state index contributed by atoms with van der Waals surface area (Å²) in [4.78, 5) is 12.4. The van der Waals surface area contributed by atoms with E-state index in [-0.39, 0.29) is 17.9 Å². The number of methoxy groups -OCH3 is 1. The van der Waals surface area contributed by atoms with Gasteiger partial charge >= 0.3 is 0 Å². The zero-order valence-electron chi connectivity index (χ0n) is 11.8. The summed E-state index contributed by atoms with van der Waals surface area (Å²) in [5.74, 6) is 1.21. The molecular formula is C16H22N2O2. The van der Waals surface area contributed by atoms with Crippen LogP contribution in [0.5, 0.6) is 0 Å². The van der Waals surface area contributed by atoms with Crippen molar-refractivity contribution in [1.82, 2.24) is 5.32 Å². The molecule has 4 nitrogen and oxygen atoms in total. The number of ether oxygens (including phenoxy) is 1. The first-order valence-corrected chi connectivity index (χ1v) is 7.33. The van der Waals surface area contributed by atoms with Crippen molar-refractivity contribution in [1.29, 1.82) is 0 Å². The summed E-state index contributed by atoms with van der Waals surface area (Å²) in [6.07, 6.45) is 2.22. The van der Waals surface area contributed by atoms with Crippen LogP contribution < -0.4 is 11.1 Å². The standard InChI is InChI=1S/C16H22N2O2/c1-20-9-11(8-17)18-16(19)15-13-7-6-10-4-2-3-5-12(10)14(13)15/h2-5,11,13-15H,6-9,17H2,1H3,(H,18,19). The summed E-state index contributed by atoms with van der Waals surface area (Å²) in [6.45, 7) is 0.888. The van der Waals surface area contributed by atoms with Crippen LogP contribution in [0.25, 0.3) is 0 Å². The van der Waals surface area contributed by atoms with Gasteiger partial charge < -0.3 is 15.8 Å². The summed E-state index contributed by atoms with van der Waals surface area (Å²) in [7, 11) is 1.63. The van der Waals surface area contributed by atoms with E-state index in [0.717, 1.165) is 12.8 Å². The Balaban J connectivity index is 1.68. The molecule has 3 N–H and O–H groups in total. The van der Waals surface area contributed by atoms with Crippen molar-refractivity contribution in [2.24, 2.45) is 17.6 Å². The topological polar surface area (TPSA) is 64.3 Å². The zero-order chi connectivity index (χ0) is 14.1. The average molecular weight is 274 g/mol. The Morgan fingerprint density at radius 2 is 2.30 bits per heavy atom. The van der Waals surface area contributed by atoms with Crippen LogP contribution in [0.3, 0.4) is 0 Å². The van der Waals surface area contributed by atoms with Gasteiger partial charge in [0, 0.05) is 19.6 Å². The van der Waals surface area contributed by atoms with Gasteiger partial charge in [-0.3, -0.25) is 4.79 Å². The number of carbonyl (C=O) groups is 1. The fourth-order valence-electron chi connectivity index (χ4n) is 3.59.